The molecule has 2 aromatic rings. The van der Waals surface area contributed by atoms with Crippen molar-refractivity contribution in [1.82, 2.24) is 10.6 Å². The number of fused-ring (bicyclic) bond motifs is 1. The van der Waals surface area contributed by atoms with E-state index in [-0.39, 0.29) is 34.6 Å². The Morgan fingerprint density at radius 3 is 2.60 bits per heavy atom. The lowest BCUT2D eigenvalue weighted by atomic mass is 9.83. The van der Waals surface area contributed by atoms with Gasteiger partial charge in [0.15, 0.2) is 0 Å². The number of carbonyl (C=O) groups is 2. The molecule has 1 aliphatic carbocycles. The molecular formula is C21H25FN2O5S. The van der Waals surface area contributed by atoms with Gasteiger partial charge < -0.3 is 15.7 Å². The minimum absolute atomic E-state index is 0.0471. The Balaban J connectivity index is 0.00000101. The number of hydrogen-bond acceptors (Lipinski definition) is 5. The summed E-state index contributed by atoms with van der Waals surface area (Å²) in [5, 5.41) is 12.6. The smallest absolute Gasteiger partial charge is 0.290 e. The van der Waals surface area contributed by atoms with Crippen LogP contribution in [0.3, 0.4) is 0 Å². The summed E-state index contributed by atoms with van der Waals surface area (Å²) in [6, 6.07) is 10.1. The molecule has 0 fully saturated rings. The molecule has 0 spiro atoms. The summed E-state index contributed by atoms with van der Waals surface area (Å²) in [5.41, 5.74) is 2.05. The van der Waals surface area contributed by atoms with Crippen LogP contribution >= 0.6 is 0 Å². The Bertz CT molecular complexity index is 995. The van der Waals surface area contributed by atoms with Crippen LogP contribution in [0.5, 0.6) is 0 Å². The Morgan fingerprint density at radius 2 is 1.93 bits per heavy atom. The molecule has 1 atom stereocenters. The Hall–Kier alpha value is -2.78. The van der Waals surface area contributed by atoms with Gasteiger partial charge in [-0.3, -0.25) is 9.59 Å². The number of likely N-dealkylation sites (N-methyl/N-ethyl adjacent to an activating group) is 1. The van der Waals surface area contributed by atoms with Crippen LogP contribution in [0.15, 0.2) is 52.3 Å². The molecule has 0 saturated carbocycles. The van der Waals surface area contributed by atoms with Gasteiger partial charge in [0.2, 0.25) is 15.7 Å². The molecule has 7 nitrogen and oxygen atoms in total. The predicted molar refractivity (Wildman–Crippen MR) is 110 cm³/mol. The number of rotatable bonds is 6. The van der Waals surface area contributed by atoms with Crippen molar-refractivity contribution in [2.45, 2.75) is 35.0 Å². The highest BCUT2D eigenvalue weighted by Gasteiger charge is 2.24. The SMILES string of the molecule is CNCC(=O)NCC1CCCc2cc(S(=O)(=O)c3cccc(F)c3)ccc21.O=CO. The Kier molecular flexibility index (Phi) is 8.49. The fourth-order valence-corrected chi connectivity index (χ4v) is 4.84. The molecule has 3 N–H and O–H groups in total. The maximum atomic E-state index is 13.4. The summed E-state index contributed by atoms with van der Waals surface area (Å²) in [6.07, 6.45) is 2.68. The summed E-state index contributed by atoms with van der Waals surface area (Å²) in [7, 11) is -2.05. The number of halogens is 1. The van der Waals surface area contributed by atoms with Gasteiger partial charge in [0.1, 0.15) is 5.82 Å². The number of carboxylic acid groups (broad SMARTS) is 1. The third-order valence-electron chi connectivity index (χ3n) is 4.85. The van der Waals surface area contributed by atoms with Crippen molar-refractivity contribution in [3.8, 4) is 0 Å². The number of sulfone groups is 1. The second kappa shape index (κ2) is 10.8. The van der Waals surface area contributed by atoms with Crippen molar-refractivity contribution in [2.24, 2.45) is 0 Å². The predicted octanol–water partition coefficient (Wildman–Crippen LogP) is 2.11. The molecule has 9 heteroatoms. The average molecular weight is 437 g/mol. The van der Waals surface area contributed by atoms with E-state index in [0.717, 1.165) is 36.5 Å². The lowest BCUT2D eigenvalue weighted by molar-refractivity contribution is -0.123. The molecule has 30 heavy (non-hydrogen) atoms. The number of carbonyl (C=O) groups excluding carboxylic acids is 1. The molecule has 0 saturated heterocycles. The minimum atomic E-state index is -3.76. The van der Waals surface area contributed by atoms with Crippen molar-refractivity contribution < 1.29 is 27.5 Å². The van der Waals surface area contributed by atoms with Gasteiger partial charge in [0.05, 0.1) is 16.3 Å². The number of hydrogen-bond donors (Lipinski definition) is 3. The van der Waals surface area contributed by atoms with Crippen molar-refractivity contribution in [2.75, 3.05) is 20.1 Å². The van der Waals surface area contributed by atoms with E-state index in [1.165, 1.54) is 18.2 Å². The quantitative estimate of drug-likeness (QED) is 0.598. The van der Waals surface area contributed by atoms with E-state index < -0.39 is 15.7 Å². The Labute approximate surface area is 175 Å². The van der Waals surface area contributed by atoms with E-state index in [1.54, 1.807) is 19.2 Å². The van der Waals surface area contributed by atoms with Gasteiger partial charge in [0.25, 0.3) is 6.47 Å². The molecule has 1 unspecified atom stereocenters. The summed E-state index contributed by atoms with van der Waals surface area (Å²) >= 11 is 0. The summed E-state index contributed by atoms with van der Waals surface area (Å²) in [6.45, 7) is 0.550. The zero-order valence-corrected chi connectivity index (χ0v) is 17.4. The van der Waals surface area contributed by atoms with Crippen molar-refractivity contribution in [1.29, 1.82) is 0 Å². The second-order valence-electron chi connectivity index (χ2n) is 6.85. The van der Waals surface area contributed by atoms with Crippen LogP contribution in [0, 0.1) is 5.82 Å². The highest BCUT2D eigenvalue weighted by Crippen LogP contribution is 2.34. The fraction of sp³-hybridized carbons (Fsp3) is 0.333. The van der Waals surface area contributed by atoms with E-state index in [4.69, 9.17) is 9.90 Å². The van der Waals surface area contributed by atoms with Crippen LogP contribution in [0.4, 0.5) is 4.39 Å². The molecule has 3 rings (SSSR count). The van der Waals surface area contributed by atoms with E-state index in [0.29, 0.717) is 6.54 Å². The lowest BCUT2D eigenvalue weighted by Gasteiger charge is -2.26. The van der Waals surface area contributed by atoms with Crippen molar-refractivity contribution >= 4 is 22.2 Å². The largest absolute Gasteiger partial charge is 0.483 e. The second-order valence-corrected chi connectivity index (χ2v) is 8.80. The first-order valence-corrected chi connectivity index (χ1v) is 10.9. The van der Waals surface area contributed by atoms with Gasteiger partial charge in [-0.15, -0.1) is 0 Å². The minimum Gasteiger partial charge on any atom is -0.483 e. The van der Waals surface area contributed by atoms with Crippen LogP contribution in [0.1, 0.15) is 29.9 Å². The summed E-state index contributed by atoms with van der Waals surface area (Å²) in [5.74, 6) is -0.471. The van der Waals surface area contributed by atoms with Gasteiger partial charge in [0, 0.05) is 12.5 Å². The summed E-state index contributed by atoms with van der Waals surface area (Å²) < 4.78 is 39.1. The average Bonchev–Trinajstić information content (AvgIpc) is 2.72. The molecule has 0 bridgehead atoms. The molecule has 0 radical (unpaired) electrons. The zero-order valence-electron chi connectivity index (χ0n) is 16.6. The normalized spacial score (nSPS) is 15.3. The zero-order chi connectivity index (χ0) is 22.1. The molecule has 0 aliphatic heterocycles. The third kappa shape index (κ3) is 5.87. The highest BCUT2D eigenvalue weighted by molar-refractivity contribution is 7.91. The molecule has 1 aliphatic rings. The van der Waals surface area contributed by atoms with Crippen LogP contribution < -0.4 is 10.6 Å². The van der Waals surface area contributed by atoms with E-state index in [9.17, 15) is 17.6 Å². The standard InChI is InChI=1S/C20H23FN2O3S.CH2O2/c1-22-13-20(24)23-12-15-5-2-4-14-10-18(8-9-19(14)15)27(25,26)17-7-3-6-16(21)11-17;2-1-3/h3,6-11,15,22H,2,4-5,12-13H2,1H3,(H,23,24);1H,(H,2,3). The van der Waals surface area contributed by atoms with Crippen LogP contribution in [-0.4, -0.2) is 46.0 Å². The van der Waals surface area contributed by atoms with Gasteiger partial charge in [-0.2, -0.15) is 0 Å². The van der Waals surface area contributed by atoms with E-state index >= 15 is 0 Å². The molecule has 1 amide bonds. The number of aryl methyl sites for hydroxylation is 1. The monoisotopic (exact) mass is 436 g/mol. The maximum Gasteiger partial charge on any atom is 0.290 e. The maximum absolute atomic E-state index is 13.4. The summed E-state index contributed by atoms with van der Waals surface area (Å²) in [4.78, 5) is 20.2. The number of nitrogens with one attached hydrogen (secondary N) is 2. The third-order valence-corrected chi connectivity index (χ3v) is 6.60. The van der Waals surface area contributed by atoms with Crippen molar-refractivity contribution in [3.05, 3.63) is 59.4 Å². The number of benzene rings is 2. The molecule has 2 aromatic carbocycles. The van der Waals surface area contributed by atoms with Crippen LogP contribution in [-0.2, 0) is 25.8 Å². The fourth-order valence-electron chi connectivity index (χ4n) is 3.50. The topological polar surface area (TPSA) is 113 Å². The molecular weight excluding hydrogens is 411 g/mol. The van der Waals surface area contributed by atoms with Crippen LogP contribution in [0.2, 0.25) is 0 Å². The first-order chi connectivity index (χ1) is 14.3. The van der Waals surface area contributed by atoms with E-state index in [2.05, 4.69) is 10.6 Å². The lowest BCUT2D eigenvalue weighted by Crippen LogP contribution is -2.35. The number of amides is 1. The van der Waals surface area contributed by atoms with Crippen molar-refractivity contribution in [3.63, 3.8) is 0 Å². The Morgan fingerprint density at radius 1 is 1.23 bits per heavy atom. The van der Waals surface area contributed by atoms with Gasteiger partial charge in [-0.1, -0.05) is 12.1 Å². The first kappa shape index (κ1) is 23.5. The highest BCUT2D eigenvalue weighted by atomic mass is 32.2. The van der Waals surface area contributed by atoms with Gasteiger partial charge in [-0.05, 0) is 67.8 Å². The molecule has 162 valence electrons. The van der Waals surface area contributed by atoms with E-state index in [1.807, 2.05) is 6.07 Å². The van der Waals surface area contributed by atoms with Gasteiger partial charge in [-0.25, -0.2) is 12.8 Å². The molecule has 0 heterocycles. The van der Waals surface area contributed by atoms with Crippen LogP contribution in [0.25, 0.3) is 0 Å². The molecule has 0 aromatic heterocycles. The first-order valence-electron chi connectivity index (χ1n) is 9.46. The van der Waals surface area contributed by atoms with Gasteiger partial charge >= 0.3 is 0 Å².